The van der Waals surface area contributed by atoms with Gasteiger partial charge in [-0.2, -0.15) is 5.26 Å². The van der Waals surface area contributed by atoms with E-state index < -0.39 is 11.6 Å². The van der Waals surface area contributed by atoms with E-state index in [1.165, 1.54) is 6.08 Å². The highest BCUT2D eigenvalue weighted by molar-refractivity contribution is 5.86. The van der Waals surface area contributed by atoms with Gasteiger partial charge in [0.05, 0.1) is 11.6 Å². The number of carboxylic acid groups (broad SMARTS) is 1. The van der Waals surface area contributed by atoms with Crippen molar-refractivity contribution in [2.75, 3.05) is 0 Å². The number of nitrogens with zero attached hydrogens (tertiary/aromatic N) is 3. The van der Waals surface area contributed by atoms with Crippen LogP contribution in [0.5, 0.6) is 0 Å². The van der Waals surface area contributed by atoms with Gasteiger partial charge in [0.15, 0.2) is 0 Å². The first-order valence-electron chi connectivity index (χ1n) is 2.91. The molecule has 0 radical (unpaired) electrons. The molecule has 0 saturated heterocycles. The normalized spacial score (nSPS) is 19.1. The number of carbonyl (C=O) groups is 1. The summed E-state index contributed by atoms with van der Waals surface area (Å²) in [7, 11) is 0. The van der Waals surface area contributed by atoms with Gasteiger partial charge in [-0.3, -0.25) is 0 Å². The minimum absolute atomic E-state index is 0.0602. The maximum absolute atomic E-state index is 10.5. The molecule has 56 valence electrons. The Labute approximate surface area is 62.7 Å². The molecule has 0 aromatic carbocycles. The number of allylic oxidation sites excluding steroid dienone is 1. The molecule has 0 amide bonds. The molecule has 0 saturated carbocycles. The third kappa shape index (κ3) is 0.884. The first-order chi connectivity index (χ1) is 5.17. The highest BCUT2D eigenvalue weighted by Gasteiger charge is 2.52. The minimum Gasteiger partial charge on any atom is -0.478 e. The van der Waals surface area contributed by atoms with E-state index in [9.17, 15) is 4.79 Å². The molecule has 5 heteroatoms. The molecule has 0 spiro atoms. The molecule has 1 aliphatic rings. The summed E-state index contributed by atoms with van der Waals surface area (Å²) in [5.74, 6) is -1.20. The Morgan fingerprint density at radius 1 is 1.73 bits per heavy atom. The molecule has 0 fully saturated rings. The average molecular weight is 151 g/mol. The molecule has 1 heterocycles. The molecule has 1 aliphatic heterocycles. The van der Waals surface area contributed by atoms with Crippen LogP contribution in [0, 0.1) is 11.3 Å². The second-order valence-corrected chi connectivity index (χ2v) is 1.99. The quantitative estimate of drug-likeness (QED) is 0.589. The van der Waals surface area contributed by atoms with Crippen LogP contribution < -0.4 is 0 Å². The lowest BCUT2D eigenvalue weighted by molar-refractivity contribution is -0.139. The van der Waals surface area contributed by atoms with Crippen LogP contribution in [0.1, 0.15) is 6.92 Å². The largest absolute Gasteiger partial charge is 0.478 e. The first-order valence-corrected chi connectivity index (χ1v) is 2.91. The van der Waals surface area contributed by atoms with Gasteiger partial charge in [0.25, 0.3) is 0 Å². The van der Waals surface area contributed by atoms with Crippen molar-refractivity contribution < 1.29 is 9.90 Å². The Morgan fingerprint density at radius 2 is 2.27 bits per heavy atom. The Bertz CT molecular complexity index is 291. The third-order valence-corrected chi connectivity index (χ3v) is 1.38. The summed E-state index contributed by atoms with van der Waals surface area (Å²) < 4.78 is 0. The van der Waals surface area contributed by atoms with Crippen molar-refractivity contribution in [2.24, 2.45) is 10.2 Å². The van der Waals surface area contributed by atoms with Gasteiger partial charge in [-0.25, -0.2) is 4.79 Å². The summed E-state index contributed by atoms with van der Waals surface area (Å²) in [6.07, 6.45) is 1.40. The van der Waals surface area contributed by atoms with Crippen LogP contribution >= 0.6 is 0 Å². The Morgan fingerprint density at radius 3 is 2.36 bits per heavy atom. The number of hydrogen-bond acceptors (Lipinski definition) is 4. The van der Waals surface area contributed by atoms with Gasteiger partial charge in [-0.15, -0.1) is 10.2 Å². The summed E-state index contributed by atoms with van der Waals surface area (Å²) in [4.78, 5) is 10.5. The summed E-state index contributed by atoms with van der Waals surface area (Å²) in [6.45, 7) is 1.58. The van der Waals surface area contributed by atoms with E-state index in [0.717, 1.165) is 0 Å². The average Bonchev–Trinajstić information content (AvgIpc) is 2.71. The molecule has 0 atom stereocenters. The summed E-state index contributed by atoms with van der Waals surface area (Å²) in [5.41, 5.74) is -1.51. The van der Waals surface area contributed by atoms with Crippen LogP contribution in [0.3, 0.4) is 0 Å². The molecule has 1 rings (SSSR count). The molecule has 0 bridgehead atoms. The van der Waals surface area contributed by atoms with Crippen LogP contribution in [-0.4, -0.2) is 16.7 Å². The maximum Gasteiger partial charge on any atom is 0.363 e. The van der Waals surface area contributed by atoms with E-state index in [1.54, 1.807) is 13.0 Å². The monoisotopic (exact) mass is 151 g/mol. The van der Waals surface area contributed by atoms with Crippen LogP contribution in [0.2, 0.25) is 0 Å². The standard InChI is InChI=1S/C6H5N3O2/c1-2-4(3-7)6(5(10)11)8-9-6/h2H,1H3,(H,10,11). The van der Waals surface area contributed by atoms with Gasteiger partial charge in [-0.05, 0) is 6.92 Å². The lowest BCUT2D eigenvalue weighted by Crippen LogP contribution is -2.25. The molecule has 11 heavy (non-hydrogen) atoms. The van der Waals surface area contributed by atoms with E-state index in [0.29, 0.717) is 0 Å². The van der Waals surface area contributed by atoms with Crippen molar-refractivity contribution in [2.45, 2.75) is 12.6 Å². The third-order valence-electron chi connectivity index (χ3n) is 1.38. The first kappa shape index (κ1) is 7.41. The van der Waals surface area contributed by atoms with Crippen molar-refractivity contribution in [3.05, 3.63) is 11.6 Å². The Kier molecular flexibility index (Phi) is 1.46. The van der Waals surface area contributed by atoms with Crippen LogP contribution in [0.4, 0.5) is 0 Å². The number of hydrogen-bond donors (Lipinski definition) is 1. The van der Waals surface area contributed by atoms with E-state index in [1.807, 2.05) is 0 Å². The smallest absolute Gasteiger partial charge is 0.363 e. The molecule has 0 aromatic heterocycles. The summed E-state index contributed by atoms with van der Waals surface area (Å²) in [5, 5.41) is 23.6. The number of carboxylic acids is 1. The molecular formula is C6H5N3O2. The van der Waals surface area contributed by atoms with E-state index in [4.69, 9.17) is 10.4 Å². The van der Waals surface area contributed by atoms with Crippen LogP contribution in [-0.2, 0) is 4.79 Å². The van der Waals surface area contributed by atoms with Crippen molar-refractivity contribution >= 4 is 5.97 Å². The van der Waals surface area contributed by atoms with Gasteiger partial charge in [-0.1, -0.05) is 6.08 Å². The molecule has 0 aromatic rings. The van der Waals surface area contributed by atoms with Crippen molar-refractivity contribution in [1.82, 2.24) is 0 Å². The zero-order valence-corrected chi connectivity index (χ0v) is 5.77. The van der Waals surface area contributed by atoms with E-state index in [2.05, 4.69) is 10.2 Å². The number of aliphatic carboxylic acids is 1. The molecule has 1 N–H and O–H groups in total. The fourth-order valence-electron chi connectivity index (χ4n) is 0.702. The molecule has 5 nitrogen and oxygen atoms in total. The zero-order valence-electron chi connectivity index (χ0n) is 5.77. The minimum atomic E-state index is -1.57. The van der Waals surface area contributed by atoms with E-state index in [-0.39, 0.29) is 5.57 Å². The van der Waals surface area contributed by atoms with E-state index >= 15 is 0 Å². The fourth-order valence-corrected chi connectivity index (χ4v) is 0.702. The van der Waals surface area contributed by atoms with Crippen molar-refractivity contribution in [1.29, 1.82) is 5.26 Å². The number of nitriles is 1. The maximum atomic E-state index is 10.5. The van der Waals surface area contributed by atoms with Crippen molar-refractivity contribution in [3.63, 3.8) is 0 Å². The second kappa shape index (κ2) is 2.16. The Balaban J connectivity index is 2.92. The van der Waals surface area contributed by atoms with Gasteiger partial charge >= 0.3 is 11.6 Å². The SMILES string of the molecule is CC=C(C#N)C1(C(=O)O)N=N1. The molecule has 0 aliphatic carbocycles. The van der Waals surface area contributed by atoms with Crippen molar-refractivity contribution in [3.8, 4) is 6.07 Å². The molecule has 0 unspecified atom stereocenters. The van der Waals surface area contributed by atoms with Gasteiger partial charge in [0.2, 0.25) is 0 Å². The van der Waals surface area contributed by atoms with Crippen LogP contribution in [0.15, 0.2) is 21.9 Å². The lowest BCUT2D eigenvalue weighted by Gasteiger charge is -1.99. The predicted molar refractivity (Wildman–Crippen MR) is 34.6 cm³/mol. The van der Waals surface area contributed by atoms with Gasteiger partial charge in [0, 0.05) is 0 Å². The lowest BCUT2D eigenvalue weighted by atomic mass is 10.1. The molecular weight excluding hydrogens is 146 g/mol. The summed E-state index contributed by atoms with van der Waals surface area (Å²) >= 11 is 0. The second-order valence-electron chi connectivity index (χ2n) is 1.99. The summed E-state index contributed by atoms with van der Waals surface area (Å²) in [6, 6.07) is 1.73. The fraction of sp³-hybridized carbons (Fsp3) is 0.333. The highest BCUT2D eigenvalue weighted by atomic mass is 16.4. The number of rotatable bonds is 2. The van der Waals surface area contributed by atoms with Gasteiger partial charge < -0.3 is 5.11 Å². The topological polar surface area (TPSA) is 85.8 Å². The zero-order chi connectivity index (χ0) is 8.48. The Hall–Kier alpha value is -1.70. The van der Waals surface area contributed by atoms with Crippen LogP contribution in [0.25, 0.3) is 0 Å². The predicted octanol–water partition coefficient (Wildman–Crippen LogP) is 0.703. The highest BCUT2D eigenvalue weighted by Crippen LogP contribution is 2.35. The van der Waals surface area contributed by atoms with Gasteiger partial charge in [0.1, 0.15) is 0 Å².